The smallest absolute Gasteiger partial charge is 0.187 e. The highest BCUT2D eigenvalue weighted by atomic mass is 19.1. The van der Waals surface area contributed by atoms with E-state index in [0.29, 0.717) is 30.2 Å². The Morgan fingerprint density at radius 2 is 1.92 bits per heavy atom. The van der Waals surface area contributed by atoms with Gasteiger partial charge in [-0.2, -0.15) is 0 Å². The molecule has 0 spiro atoms. The maximum Gasteiger partial charge on any atom is 0.187 e. The number of anilines is 1. The Balaban J connectivity index is 1.42. The van der Waals surface area contributed by atoms with Crippen molar-refractivity contribution in [3.8, 4) is 16.9 Å². The van der Waals surface area contributed by atoms with Gasteiger partial charge in [-0.05, 0) is 86.2 Å². The first-order chi connectivity index (χ1) is 17.7. The number of pyridine rings is 1. The molecule has 1 atom stereocenters. The lowest BCUT2D eigenvalue weighted by Gasteiger charge is -2.17. The van der Waals surface area contributed by atoms with Gasteiger partial charge in [-0.3, -0.25) is 0 Å². The average Bonchev–Trinajstić information content (AvgIpc) is 3.33. The molecule has 0 aliphatic carbocycles. The summed E-state index contributed by atoms with van der Waals surface area (Å²) in [5, 5.41) is 31.5. The number of halogens is 1. The van der Waals surface area contributed by atoms with Crippen molar-refractivity contribution in [3.63, 3.8) is 0 Å². The highest BCUT2D eigenvalue weighted by Gasteiger charge is 2.16. The molecule has 2 aromatic heterocycles. The van der Waals surface area contributed by atoms with Gasteiger partial charge in [-0.25, -0.2) is 9.37 Å². The van der Waals surface area contributed by atoms with Crippen LogP contribution in [0.25, 0.3) is 11.1 Å². The van der Waals surface area contributed by atoms with Crippen molar-refractivity contribution in [2.75, 3.05) is 11.9 Å². The van der Waals surface area contributed by atoms with Crippen LogP contribution in [0.3, 0.4) is 0 Å². The third kappa shape index (κ3) is 7.34. The Morgan fingerprint density at radius 1 is 1.11 bits per heavy atom. The van der Waals surface area contributed by atoms with Crippen LogP contribution in [0, 0.1) is 12.7 Å². The zero-order valence-corrected chi connectivity index (χ0v) is 21.2. The molecule has 2 aromatic carbocycles. The number of aliphatic hydroxyl groups excluding tert-OH is 1. The minimum Gasteiger partial charge on any atom is -0.494 e. The molecule has 1 unspecified atom stereocenters. The zero-order chi connectivity index (χ0) is 26.4. The van der Waals surface area contributed by atoms with E-state index in [2.05, 4.69) is 25.5 Å². The molecule has 0 radical (unpaired) electrons. The molecule has 0 aliphatic rings. The fourth-order valence-electron chi connectivity index (χ4n) is 3.92. The van der Waals surface area contributed by atoms with Crippen molar-refractivity contribution in [1.29, 1.82) is 0 Å². The van der Waals surface area contributed by atoms with Gasteiger partial charge in [0.05, 0.1) is 12.2 Å². The molecule has 0 bridgehead atoms. The number of hydrogen-bond donors (Lipinski definition) is 4. The van der Waals surface area contributed by atoms with E-state index in [9.17, 15) is 14.6 Å². The van der Waals surface area contributed by atoms with Gasteiger partial charge in [0, 0.05) is 12.6 Å². The van der Waals surface area contributed by atoms with E-state index in [1.165, 1.54) is 6.07 Å². The maximum atomic E-state index is 13.9. The number of aryl methyl sites for hydroxylation is 1. The van der Waals surface area contributed by atoms with Crippen molar-refractivity contribution in [1.82, 2.24) is 20.2 Å². The molecular formula is C28H32FN5O3. The van der Waals surface area contributed by atoms with E-state index in [4.69, 9.17) is 4.74 Å². The largest absolute Gasteiger partial charge is 0.494 e. The summed E-state index contributed by atoms with van der Waals surface area (Å²) in [7, 11) is 0. The molecule has 37 heavy (non-hydrogen) atoms. The van der Waals surface area contributed by atoms with Crippen LogP contribution in [0.1, 0.15) is 55.7 Å². The SMILES string of the molecule is Cc1ccc(OCCCC(C)(C)O)cc1-c1ccnc(NC(O)c2nnc(Cc3ccccc3F)[nH]2)c1. The molecule has 0 fully saturated rings. The van der Waals surface area contributed by atoms with Crippen molar-refractivity contribution in [2.45, 2.75) is 51.9 Å². The number of aromatic amines is 1. The van der Waals surface area contributed by atoms with Gasteiger partial charge in [0.25, 0.3) is 0 Å². The lowest BCUT2D eigenvalue weighted by atomic mass is 10.0. The molecule has 2 heterocycles. The van der Waals surface area contributed by atoms with Crippen molar-refractivity contribution >= 4 is 5.82 Å². The third-order valence-corrected chi connectivity index (χ3v) is 5.89. The summed E-state index contributed by atoms with van der Waals surface area (Å²) in [6, 6.07) is 16.1. The Labute approximate surface area is 215 Å². The first-order valence-corrected chi connectivity index (χ1v) is 12.2. The monoisotopic (exact) mass is 505 g/mol. The molecule has 9 heteroatoms. The number of rotatable bonds is 11. The summed E-state index contributed by atoms with van der Waals surface area (Å²) < 4.78 is 19.8. The highest BCUT2D eigenvalue weighted by Crippen LogP contribution is 2.29. The van der Waals surface area contributed by atoms with Crippen molar-refractivity contribution in [2.24, 2.45) is 0 Å². The topological polar surface area (TPSA) is 116 Å². The zero-order valence-electron chi connectivity index (χ0n) is 21.2. The summed E-state index contributed by atoms with van der Waals surface area (Å²) in [5.41, 5.74) is 2.73. The summed E-state index contributed by atoms with van der Waals surface area (Å²) in [5.74, 6) is 1.52. The first-order valence-electron chi connectivity index (χ1n) is 12.2. The van der Waals surface area contributed by atoms with E-state index in [1.807, 2.05) is 37.3 Å². The quantitative estimate of drug-likeness (QED) is 0.169. The molecule has 0 aliphatic heterocycles. The van der Waals surface area contributed by atoms with Crippen LogP contribution in [0.15, 0.2) is 60.8 Å². The van der Waals surface area contributed by atoms with E-state index in [-0.39, 0.29) is 18.1 Å². The molecular weight excluding hydrogens is 473 g/mol. The van der Waals surface area contributed by atoms with Gasteiger partial charge in [0.15, 0.2) is 12.1 Å². The van der Waals surface area contributed by atoms with E-state index >= 15 is 0 Å². The lowest BCUT2D eigenvalue weighted by Crippen LogP contribution is -2.19. The fraction of sp³-hybridized carbons (Fsp3) is 0.321. The Kier molecular flexibility index (Phi) is 8.15. The van der Waals surface area contributed by atoms with Gasteiger partial charge in [0.2, 0.25) is 0 Å². The molecule has 0 amide bonds. The third-order valence-electron chi connectivity index (χ3n) is 5.89. The van der Waals surface area contributed by atoms with Crippen LogP contribution in [-0.2, 0) is 6.42 Å². The number of aliphatic hydroxyl groups is 2. The van der Waals surface area contributed by atoms with Crippen LogP contribution in [0.5, 0.6) is 5.75 Å². The predicted octanol–water partition coefficient (Wildman–Crippen LogP) is 4.94. The molecule has 194 valence electrons. The van der Waals surface area contributed by atoms with Gasteiger partial charge in [-0.1, -0.05) is 24.3 Å². The molecule has 0 saturated carbocycles. The molecule has 4 aromatic rings. The van der Waals surface area contributed by atoms with Gasteiger partial charge >= 0.3 is 0 Å². The standard InChI is InChI=1S/C28H32FN5O3/c1-18-9-10-21(37-14-6-12-28(2,3)36)17-22(18)19-11-13-30-24(15-19)32-27(35)26-31-25(33-34-26)16-20-7-4-5-8-23(20)29/h4-5,7-11,13,15,17,27,35-36H,6,12,14,16H2,1-3H3,(H,30,32)(H,31,33,34). The minimum atomic E-state index is -1.18. The summed E-state index contributed by atoms with van der Waals surface area (Å²) in [6.45, 7) is 6.10. The second-order valence-corrected chi connectivity index (χ2v) is 9.64. The van der Waals surface area contributed by atoms with Crippen molar-refractivity contribution in [3.05, 3.63) is 89.4 Å². The fourth-order valence-corrected chi connectivity index (χ4v) is 3.92. The van der Waals surface area contributed by atoms with Crippen molar-refractivity contribution < 1.29 is 19.3 Å². The van der Waals surface area contributed by atoms with E-state index in [1.54, 1.807) is 38.2 Å². The second-order valence-electron chi connectivity index (χ2n) is 9.64. The molecule has 4 rings (SSSR count). The molecule has 8 nitrogen and oxygen atoms in total. The Bertz CT molecular complexity index is 1340. The average molecular weight is 506 g/mol. The number of ether oxygens (including phenoxy) is 1. The summed E-state index contributed by atoms with van der Waals surface area (Å²) in [6.07, 6.45) is 2.11. The van der Waals surface area contributed by atoms with Gasteiger partial charge in [0.1, 0.15) is 23.2 Å². The van der Waals surface area contributed by atoms with Gasteiger partial charge in [-0.15, -0.1) is 10.2 Å². The van der Waals surface area contributed by atoms with E-state index < -0.39 is 11.8 Å². The number of benzene rings is 2. The summed E-state index contributed by atoms with van der Waals surface area (Å²) >= 11 is 0. The Morgan fingerprint density at radius 3 is 2.70 bits per heavy atom. The number of nitrogens with zero attached hydrogens (tertiary/aromatic N) is 3. The second kappa shape index (κ2) is 11.5. The van der Waals surface area contributed by atoms with Crippen LogP contribution in [0.2, 0.25) is 0 Å². The maximum absolute atomic E-state index is 13.9. The number of H-pyrrole nitrogens is 1. The van der Waals surface area contributed by atoms with Crippen LogP contribution < -0.4 is 10.1 Å². The van der Waals surface area contributed by atoms with E-state index in [0.717, 1.165) is 28.9 Å². The first kappa shape index (κ1) is 26.2. The Hall–Kier alpha value is -3.82. The van der Waals surface area contributed by atoms with Crippen LogP contribution in [-0.4, -0.2) is 42.6 Å². The lowest BCUT2D eigenvalue weighted by molar-refractivity contribution is 0.0641. The number of hydrogen-bond acceptors (Lipinski definition) is 7. The highest BCUT2D eigenvalue weighted by molar-refractivity contribution is 5.71. The van der Waals surface area contributed by atoms with Crippen LogP contribution >= 0.6 is 0 Å². The normalized spacial score (nSPS) is 12.4. The van der Waals surface area contributed by atoms with Gasteiger partial charge < -0.3 is 25.3 Å². The summed E-state index contributed by atoms with van der Waals surface area (Å²) in [4.78, 5) is 7.26. The molecule has 0 saturated heterocycles. The predicted molar refractivity (Wildman–Crippen MR) is 140 cm³/mol. The number of aromatic nitrogens is 4. The van der Waals surface area contributed by atoms with Crippen LogP contribution in [0.4, 0.5) is 10.2 Å². The molecule has 4 N–H and O–H groups in total. The minimum absolute atomic E-state index is 0.205. The number of nitrogens with one attached hydrogen (secondary N) is 2.